The van der Waals surface area contributed by atoms with Crippen LogP contribution in [-0.4, -0.2) is 85.5 Å². The van der Waals surface area contributed by atoms with Crippen LogP contribution in [0, 0.1) is 56.7 Å². The molecule has 6 aliphatic carbocycles. The van der Waals surface area contributed by atoms with Crippen LogP contribution in [0.5, 0.6) is 5.88 Å². The van der Waals surface area contributed by atoms with Crippen LogP contribution in [0.1, 0.15) is 131 Å². The Morgan fingerprint density at radius 1 is 0.952 bits per heavy atom. The van der Waals surface area contributed by atoms with Gasteiger partial charge < -0.3 is 19.7 Å². The number of hydrogen-bond acceptors (Lipinski definition) is 8. The van der Waals surface area contributed by atoms with Crippen LogP contribution in [0.3, 0.4) is 0 Å². The van der Waals surface area contributed by atoms with Crippen molar-refractivity contribution in [2.75, 3.05) is 50.9 Å². The Morgan fingerprint density at radius 3 is 2.32 bits per heavy atom. The van der Waals surface area contributed by atoms with Gasteiger partial charge in [-0.2, -0.15) is 13.2 Å². The molecule has 0 radical (unpaired) electrons. The fourth-order valence-electron chi connectivity index (χ4n) is 15.8. The number of ether oxygens (including phenoxy) is 2. The van der Waals surface area contributed by atoms with Gasteiger partial charge in [-0.05, 0) is 153 Å². The number of allylic oxidation sites excluding steroid dienone is 5. The Labute approximate surface area is 375 Å². The van der Waals surface area contributed by atoms with Crippen LogP contribution in [0.25, 0.3) is 0 Å². The molecule has 9 nitrogen and oxygen atoms in total. The maximum Gasteiger partial charge on any atom is 0.433 e. The van der Waals surface area contributed by atoms with Crippen molar-refractivity contribution in [2.24, 2.45) is 63.7 Å². The van der Waals surface area contributed by atoms with Gasteiger partial charge in [-0.1, -0.05) is 58.9 Å². The average molecular weight is 901 g/mol. The number of hydrogen-bond donors (Lipinski definition) is 1. The Kier molecular flexibility index (Phi) is 12.1. The standard InChI is InChI=1S/C50H75F3N4O5S/c1-10-61-43(58)48(32-62-41-31-40(50(51,52)53)56(9)55-41)20-13-34(14-21-48)36-16-18-45(6)38(44(36,4)5)17-19-47(8)39(45)12-11-37-42-35(33(2)3)15-22-49(42,24-23-46(37,47)7)54-25-26-57-27-29-63(59,60)30-28-57/h13,16,31,35,37-39,42,54H,2,10-12,14-15,17-30,32H2,1,3-9H3/t35-,37+,38-,39+,42+,45-,46+,47+,48?,49-/m0/s1. The van der Waals surface area contributed by atoms with Crippen molar-refractivity contribution in [1.82, 2.24) is 20.0 Å². The lowest BCUT2D eigenvalue weighted by molar-refractivity contribution is -0.221. The van der Waals surface area contributed by atoms with Gasteiger partial charge >= 0.3 is 12.1 Å². The first-order valence-electron chi connectivity index (χ1n) is 24.1. The lowest BCUT2D eigenvalue weighted by Crippen LogP contribution is -2.68. The summed E-state index contributed by atoms with van der Waals surface area (Å²) >= 11 is 0. The summed E-state index contributed by atoms with van der Waals surface area (Å²) in [4.78, 5) is 15.9. The third-order valence-electron chi connectivity index (χ3n) is 19.3. The van der Waals surface area contributed by atoms with Crippen LogP contribution < -0.4 is 10.1 Å². The topological polar surface area (TPSA) is 103 Å². The van der Waals surface area contributed by atoms with Crippen molar-refractivity contribution in [2.45, 2.75) is 137 Å². The molecule has 1 saturated heterocycles. The molecule has 1 aliphatic heterocycles. The number of esters is 1. The second kappa shape index (κ2) is 16.3. The van der Waals surface area contributed by atoms with Crippen LogP contribution >= 0.6 is 0 Å². The molecule has 63 heavy (non-hydrogen) atoms. The summed E-state index contributed by atoms with van der Waals surface area (Å²) in [5, 5.41) is 8.15. The van der Waals surface area contributed by atoms with E-state index in [1.807, 2.05) is 0 Å². The second-order valence-electron chi connectivity index (χ2n) is 22.5. The fourth-order valence-corrected chi connectivity index (χ4v) is 17.1. The van der Waals surface area contributed by atoms with Gasteiger partial charge in [-0.25, -0.2) is 8.42 Å². The number of carbonyl (C=O) groups excluding carboxylic acids is 1. The van der Waals surface area contributed by atoms with E-state index < -0.39 is 27.1 Å². The number of carbonyl (C=O) groups is 1. The minimum absolute atomic E-state index is 0.0824. The Hall–Kier alpha value is -2.64. The molecule has 1 aromatic rings. The van der Waals surface area contributed by atoms with E-state index in [9.17, 15) is 26.4 Å². The van der Waals surface area contributed by atoms with Gasteiger partial charge in [-0.15, -0.1) is 5.10 Å². The number of aromatic nitrogens is 2. The normalized spacial score (nSPS) is 39.8. The van der Waals surface area contributed by atoms with Gasteiger partial charge in [0.1, 0.15) is 17.7 Å². The number of nitrogens with zero attached hydrogens (tertiary/aromatic N) is 3. The lowest BCUT2D eigenvalue weighted by atomic mass is 9.33. The van der Waals surface area contributed by atoms with Crippen molar-refractivity contribution >= 4 is 15.8 Å². The maximum atomic E-state index is 13.6. The zero-order chi connectivity index (χ0) is 45.6. The summed E-state index contributed by atoms with van der Waals surface area (Å²) in [6.07, 6.45) is 12.4. The zero-order valence-corrected chi connectivity index (χ0v) is 40.2. The summed E-state index contributed by atoms with van der Waals surface area (Å²) in [6.45, 7) is 24.7. The fraction of sp³-hybridized carbons (Fsp3) is 0.800. The second-order valence-corrected chi connectivity index (χ2v) is 24.8. The number of sulfone groups is 1. The molecule has 1 unspecified atom stereocenters. The Balaban J connectivity index is 1.01. The van der Waals surface area contributed by atoms with Gasteiger partial charge in [0.05, 0.1) is 18.1 Å². The van der Waals surface area contributed by atoms with Crippen LogP contribution in [0.2, 0.25) is 0 Å². The summed E-state index contributed by atoms with van der Waals surface area (Å²) < 4.78 is 77.0. The van der Waals surface area contributed by atoms with Crippen LogP contribution in [-0.2, 0) is 32.6 Å². The molecule has 4 saturated carbocycles. The number of aryl methyl sites for hydroxylation is 1. The summed E-state index contributed by atoms with van der Waals surface area (Å²) in [5.74, 6) is 2.80. The van der Waals surface area contributed by atoms with Gasteiger partial charge in [0.25, 0.3) is 0 Å². The summed E-state index contributed by atoms with van der Waals surface area (Å²) in [7, 11) is -1.66. The summed E-state index contributed by atoms with van der Waals surface area (Å²) in [6, 6.07) is 0.891. The Bertz CT molecular complexity index is 2120. The number of rotatable bonds is 11. The summed E-state index contributed by atoms with van der Waals surface area (Å²) in [5.41, 5.74) is 2.65. The number of nitrogens with one attached hydrogen (secondary N) is 1. The predicted molar refractivity (Wildman–Crippen MR) is 241 cm³/mol. The van der Waals surface area contributed by atoms with E-state index in [4.69, 9.17) is 9.47 Å². The van der Waals surface area contributed by atoms with E-state index in [2.05, 4.69) is 75.6 Å². The van der Waals surface area contributed by atoms with Crippen molar-refractivity contribution in [1.29, 1.82) is 0 Å². The van der Waals surface area contributed by atoms with Gasteiger partial charge in [0.2, 0.25) is 5.88 Å². The Morgan fingerprint density at radius 2 is 1.68 bits per heavy atom. The van der Waals surface area contributed by atoms with Gasteiger partial charge in [-0.3, -0.25) is 9.48 Å². The van der Waals surface area contributed by atoms with E-state index in [1.54, 1.807) is 6.92 Å². The molecule has 5 fully saturated rings. The molecule has 0 aromatic carbocycles. The number of alkyl halides is 3. The molecule has 7 aliphatic rings. The van der Waals surface area contributed by atoms with Crippen LogP contribution in [0.15, 0.2) is 41.5 Å². The van der Waals surface area contributed by atoms with E-state index in [-0.39, 0.29) is 63.8 Å². The first kappa shape index (κ1) is 46.9. The van der Waals surface area contributed by atoms with E-state index >= 15 is 0 Å². The average Bonchev–Trinajstić information content (AvgIpc) is 3.79. The zero-order valence-electron chi connectivity index (χ0n) is 39.4. The monoisotopic (exact) mass is 901 g/mol. The van der Waals surface area contributed by atoms with E-state index in [0.29, 0.717) is 61.9 Å². The molecule has 1 aromatic heterocycles. The molecule has 2 heterocycles. The van der Waals surface area contributed by atoms with Crippen molar-refractivity contribution in [3.05, 3.63) is 47.2 Å². The molecular weight excluding hydrogens is 826 g/mol. The molecule has 13 heteroatoms. The smallest absolute Gasteiger partial charge is 0.433 e. The SMILES string of the molecule is C=C(C)[C@@H]1CC[C@]2(NCCN3CCS(=O)(=O)CC3)CC[C@]3(C)[C@H](CC[C@@H]4[C@@]5(C)CC=C(C6=CCC(COc7cc(C(F)(F)F)n(C)n7)(C(=O)OCC)CC6)C(C)(C)[C@@H]5CC[C@]43C)[C@@H]12. The molecule has 1 N–H and O–H groups in total. The number of halogens is 3. The van der Waals surface area contributed by atoms with Gasteiger partial charge in [0.15, 0.2) is 9.84 Å². The largest absolute Gasteiger partial charge is 0.475 e. The van der Waals surface area contributed by atoms with E-state index in [0.717, 1.165) is 30.3 Å². The highest BCUT2D eigenvalue weighted by atomic mass is 32.2. The quantitative estimate of drug-likeness (QED) is 0.173. The molecule has 352 valence electrons. The molecule has 0 spiro atoms. The van der Waals surface area contributed by atoms with E-state index in [1.165, 1.54) is 75.1 Å². The van der Waals surface area contributed by atoms with Crippen molar-refractivity contribution < 1.29 is 35.9 Å². The van der Waals surface area contributed by atoms with Gasteiger partial charge in [0, 0.05) is 44.8 Å². The minimum Gasteiger partial charge on any atom is -0.475 e. The highest BCUT2D eigenvalue weighted by molar-refractivity contribution is 7.91. The molecule has 10 atom stereocenters. The molecule has 0 amide bonds. The third kappa shape index (κ3) is 7.79. The first-order valence-corrected chi connectivity index (χ1v) is 25.9. The van der Waals surface area contributed by atoms with Crippen molar-refractivity contribution in [3.8, 4) is 5.88 Å². The highest BCUT2D eigenvalue weighted by Gasteiger charge is 2.70. The minimum atomic E-state index is -4.56. The third-order valence-corrected chi connectivity index (χ3v) is 20.9. The lowest BCUT2D eigenvalue weighted by Gasteiger charge is -2.72. The molecule has 8 rings (SSSR count). The highest BCUT2D eigenvalue weighted by Crippen LogP contribution is 2.76. The predicted octanol–water partition coefficient (Wildman–Crippen LogP) is 9.74. The maximum absolute atomic E-state index is 13.6. The first-order chi connectivity index (χ1) is 29.5. The van der Waals surface area contributed by atoms with Crippen molar-refractivity contribution in [3.63, 3.8) is 0 Å². The van der Waals surface area contributed by atoms with Crippen LogP contribution in [0.4, 0.5) is 13.2 Å². The number of fused-ring (bicyclic) bond motifs is 7. The molecule has 0 bridgehead atoms. The molecular formula is C50H75F3N4O5S.